The predicted molar refractivity (Wildman–Crippen MR) is 103 cm³/mol. The number of aliphatic hydroxyl groups is 3. The van der Waals surface area contributed by atoms with Gasteiger partial charge in [-0.15, -0.1) is 0 Å². The van der Waals surface area contributed by atoms with E-state index in [9.17, 15) is 20.4 Å². The van der Waals surface area contributed by atoms with E-state index in [-0.39, 0.29) is 29.6 Å². The Balaban J connectivity index is 2.77. The molecule has 0 aliphatic carbocycles. The number of aromatic hydroxyl groups is 2. The predicted octanol–water partition coefficient (Wildman–Crippen LogP) is 3.02. The Morgan fingerprint density at radius 3 is 2.52 bits per heavy atom. The summed E-state index contributed by atoms with van der Waals surface area (Å²) in [6.07, 6.45) is 6.73. The van der Waals surface area contributed by atoms with Gasteiger partial charge in [0.15, 0.2) is 0 Å². The Morgan fingerprint density at radius 2 is 1.96 bits per heavy atom. The molecular weight excluding hydrogens is 341 g/mol. The number of allylic oxidation sites excluding steroid dienone is 2. The average molecular weight is 361 g/mol. The summed E-state index contributed by atoms with van der Waals surface area (Å²) < 4.78 is 0. The Morgan fingerprint density at radius 1 is 1.28 bits per heavy atom. The molecule has 0 amide bonds. The van der Waals surface area contributed by atoms with Crippen molar-refractivity contribution in [3.8, 4) is 11.5 Å². The maximum absolute atomic E-state index is 9.59. The van der Waals surface area contributed by atoms with Crippen LogP contribution >= 0.6 is 12.2 Å². The van der Waals surface area contributed by atoms with Crippen LogP contribution in [0.5, 0.6) is 11.5 Å². The van der Waals surface area contributed by atoms with Crippen LogP contribution in [0.1, 0.15) is 17.8 Å². The van der Waals surface area contributed by atoms with Gasteiger partial charge < -0.3 is 0 Å². The minimum absolute atomic E-state index is 0.157. The van der Waals surface area contributed by atoms with Gasteiger partial charge in [-0.3, -0.25) is 0 Å². The zero-order valence-corrected chi connectivity index (χ0v) is 14.7. The minimum atomic E-state index is -0.314. The van der Waals surface area contributed by atoms with Gasteiger partial charge in [0.2, 0.25) is 0 Å². The van der Waals surface area contributed by atoms with E-state index in [2.05, 4.69) is 5.32 Å². The molecule has 0 saturated heterocycles. The van der Waals surface area contributed by atoms with E-state index in [4.69, 9.17) is 17.3 Å². The van der Waals surface area contributed by atoms with E-state index in [1.165, 1.54) is 25.1 Å². The first-order valence-electron chi connectivity index (χ1n) is 7.33. The van der Waals surface area contributed by atoms with Crippen LogP contribution in [-0.4, -0.2) is 44.0 Å². The monoisotopic (exact) mass is 361 g/mol. The molecule has 0 saturated carbocycles. The normalized spacial score (nSPS) is 13.1. The molecule has 0 aliphatic rings. The number of hydrogen-bond acceptors (Lipinski definition) is 6. The molecule has 0 aliphatic heterocycles. The van der Waals surface area contributed by atoms with Crippen LogP contribution in [0, 0.1) is 6.92 Å². The van der Waals surface area contributed by atoms with Gasteiger partial charge in [0, 0.05) is 0 Å². The molecule has 0 radical (unpaired) electrons. The Labute approximate surface area is 152 Å². The molecule has 1 aromatic rings. The Hall–Kier alpha value is -2.74. The van der Waals surface area contributed by atoms with Gasteiger partial charge in [-0.25, -0.2) is 0 Å². The van der Waals surface area contributed by atoms with Crippen LogP contribution < -0.4 is 5.32 Å². The number of aliphatic hydroxyl groups excluding tert-OH is 3. The SMILES string of the molecule is C\C(O)=C(O)/C=C(\C=C\O)CNC(=S)/C=C/c1bc(C)c(O)c(O)c1. The molecule has 0 bridgehead atoms. The molecule has 25 heavy (non-hydrogen) atoms. The van der Waals surface area contributed by atoms with Crippen molar-refractivity contribution in [3.05, 3.63) is 58.6 Å². The number of rotatable bonds is 6. The second kappa shape index (κ2) is 9.53. The van der Waals surface area contributed by atoms with Crippen molar-refractivity contribution in [1.82, 2.24) is 5.32 Å². The first-order valence-corrected chi connectivity index (χ1v) is 7.74. The third-order valence-corrected chi connectivity index (χ3v) is 3.46. The van der Waals surface area contributed by atoms with Crippen molar-refractivity contribution in [1.29, 1.82) is 0 Å². The van der Waals surface area contributed by atoms with E-state index in [0.29, 0.717) is 21.5 Å². The molecule has 132 valence electrons. The van der Waals surface area contributed by atoms with Gasteiger partial charge in [0.05, 0.1) is 0 Å². The van der Waals surface area contributed by atoms with Crippen molar-refractivity contribution < 1.29 is 25.5 Å². The summed E-state index contributed by atoms with van der Waals surface area (Å²) in [4.78, 5) is 0.381. The number of aryl methyl sites for hydroxylation is 1. The van der Waals surface area contributed by atoms with Crippen LogP contribution in [-0.2, 0) is 0 Å². The molecule has 6 N–H and O–H groups in total. The fourth-order valence-corrected chi connectivity index (χ4v) is 1.98. The van der Waals surface area contributed by atoms with E-state index in [1.807, 2.05) is 0 Å². The number of hydrogen-bond donors (Lipinski definition) is 6. The van der Waals surface area contributed by atoms with Crippen molar-refractivity contribution in [2.75, 3.05) is 6.54 Å². The first-order chi connectivity index (χ1) is 11.7. The number of thiocarbonyl (C=S) groups is 1. The summed E-state index contributed by atoms with van der Waals surface area (Å²) in [5, 5.41) is 49.6. The summed E-state index contributed by atoms with van der Waals surface area (Å²) >= 11 is 5.16. The molecule has 0 spiro atoms. The van der Waals surface area contributed by atoms with Crippen LogP contribution in [0.2, 0.25) is 0 Å². The zero-order valence-electron chi connectivity index (χ0n) is 13.9. The first kappa shape index (κ1) is 20.3. The zero-order chi connectivity index (χ0) is 19.0. The molecule has 1 rings (SSSR count). The van der Waals surface area contributed by atoms with Crippen molar-refractivity contribution in [3.63, 3.8) is 0 Å². The van der Waals surface area contributed by atoms with Crippen LogP contribution in [0.25, 0.3) is 6.08 Å². The summed E-state index contributed by atoms with van der Waals surface area (Å²) in [5.74, 6) is -0.922. The fraction of sp³-hybridized carbons (Fsp3) is 0.176. The van der Waals surface area contributed by atoms with Gasteiger partial charge in [-0.2, -0.15) is 0 Å². The fourth-order valence-electron chi connectivity index (χ4n) is 1.84. The van der Waals surface area contributed by atoms with Gasteiger partial charge in [-0.1, -0.05) is 0 Å². The standard InChI is InChI=1S/C17H20BNO5S/c1-10-17(24)15(23)8-13(18-10)3-4-16(25)19-9-12(5-6-20)7-14(22)11(2)21/h3-8,20-24H,9H2,1-2H3,(H,19,25)/b4-3+,6-5+,12-7+,14-11-. The quantitative estimate of drug-likeness (QED) is 0.200. The molecule has 0 fully saturated rings. The molecule has 6 nitrogen and oxygen atoms in total. The van der Waals surface area contributed by atoms with Gasteiger partial charge in [0.25, 0.3) is 0 Å². The second-order valence-electron chi connectivity index (χ2n) is 5.26. The summed E-state index contributed by atoms with van der Waals surface area (Å²) in [6.45, 7) is 4.91. The molecular formula is C17H20BNO5S. The van der Waals surface area contributed by atoms with Crippen LogP contribution in [0.15, 0.2) is 47.6 Å². The summed E-state index contributed by atoms with van der Waals surface area (Å²) in [7, 11) is 0. The van der Waals surface area contributed by atoms with Crippen molar-refractivity contribution in [2.24, 2.45) is 0 Å². The van der Waals surface area contributed by atoms with Gasteiger partial charge in [-0.05, 0) is 0 Å². The van der Waals surface area contributed by atoms with Crippen molar-refractivity contribution in [2.45, 2.75) is 13.8 Å². The van der Waals surface area contributed by atoms with Crippen LogP contribution in [0.3, 0.4) is 0 Å². The van der Waals surface area contributed by atoms with Crippen molar-refractivity contribution >= 4 is 30.2 Å². The molecule has 8 heteroatoms. The van der Waals surface area contributed by atoms with Gasteiger partial charge >= 0.3 is 151 Å². The van der Waals surface area contributed by atoms with E-state index >= 15 is 0 Å². The van der Waals surface area contributed by atoms with E-state index in [0.717, 1.165) is 6.26 Å². The van der Waals surface area contributed by atoms with E-state index in [1.54, 1.807) is 26.0 Å². The molecule has 1 aromatic heterocycles. The molecule has 0 aromatic carbocycles. The molecule has 0 unspecified atom stereocenters. The van der Waals surface area contributed by atoms with Gasteiger partial charge in [0.1, 0.15) is 0 Å². The second-order valence-corrected chi connectivity index (χ2v) is 5.70. The summed E-state index contributed by atoms with van der Waals surface area (Å²) in [6, 6.07) is 1.41. The third kappa shape index (κ3) is 6.72. The van der Waals surface area contributed by atoms with E-state index < -0.39 is 0 Å². The molecule has 0 atom stereocenters. The third-order valence-electron chi connectivity index (χ3n) is 3.18. The van der Waals surface area contributed by atoms with Crippen LogP contribution in [0.4, 0.5) is 0 Å². The Kier molecular flexibility index (Phi) is 7.75. The number of nitrogens with one attached hydrogen (secondary N) is 1. The Bertz CT molecular complexity index is 741. The summed E-state index contributed by atoms with van der Waals surface area (Å²) in [5.41, 5.74) is 1.69. The topological polar surface area (TPSA) is 113 Å². The average Bonchev–Trinajstić information content (AvgIpc) is 2.55. The molecule has 1 heterocycles. The maximum atomic E-state index is 9.59.